The van der Waals surface area contributed by atoms with Crippen LogP contribution in [0.3, 0.4) is 0 Å². The fourth-order valence-corrected chi connectivity index (χ4v) is 3.60. The number of hydrogen-bond donors (Lipinski definition) is 2. The monoisotopic (exact) mass is 392 g/mol. The first-order chi connectivity index (χ1) is 14.2. The zero-order valence-electron chi connectivity index (χ0n) is 15.9. The maximum Gasteiger partial charge on any atom is 0.254 e. The maximum absolute atomic E-state index is 12.5. The highest BCUT2D eigenvalue weighted by atomic mass is 16.2. The molecule has 11 nitrogen and oxygen atoms in total. The molecule has 0 unspecified atom stereocenters. The molecule has 2 N–H and O–H groups in total. The molecule has 4 aromatic rings. The first-order valence-corrected chi connectivity index (χ1v) is 9.41. The Kier molecular flexibility index (Phi) is 4.28. The van der Waals surface area contributed by atoms with Crippen LogP contribution < -0.4 is 10.2 Å². The zero-order chi connectivity index (χ0) is 19.8. The van der Waals surface area contributed by atoms with E-state index in [1.165, 1.54) is 6.33 Å². The van der Waals surface area contributed by atoms with Gasteiger partial charge < -0.3 is 10.2 Å². The van der Waals surface area contributed by atoms with Crippen molar-refractivity contribution in [2.24, 2.45) is 0 Å². The van der Waals surface area contributed by atoms with Gasteiger partial charge in [0.25, 0.3) is 5.78 Å². The number of carbonyl (C=O) groups is 1. The Morgan fingerprint density at radius 1 is 1.24 bits per heavy atom. The molecule has 11 heteroatoms. The number of aryl methyl sites for hydroxylation is 1. The molecule has 1 aliphatic heterocycles. The van der Waals surface area contributed by atoms with Crippen LogP contribution in [0.2, 0.25) is 0 Å². The van der Waals surface area contributed by atoms with Gasteiger partial charge in [-0.2, -0.15) is 19.7 Å². The van der Waals surface area contributed by atoms with E-state index in [-0.39, 0.29) is 5.91 Å². The Morgan fingerprint density at radius 2 is 2.10 bits per heavy atom. The number of rotatable bonds is 4. The van der Waals surface area contributed by atoms with Gasteiger partial charge in [0.05, 0.1) is 11.9 Å². The predicted octanol–water partition coefficient (Wildman–Crippen LogP) is 0.465. The SMILES string of the molecule is Cc1cc(N2CCN(CC(=O)Nc3[nH]nc4ncccc34)CC2)n2ncnc2n1. The summed E-state index contributed by atoms with van der Waals surface area (Å²) in [5, 5.41) is 14.9. The lowest BCUT2D eigenvalue weighted by Gasteiger charge is -2.35. The average molecular weight is 392 g/mol. The number of nitrogens with one attached hydrogen (secondary N) is 2. The Labute approximate surface area is 165 Å². The van der Waals surface area contributed by atoms with E-state index >= 15 is 0 Å². The van der Waals surface area contributed by atoms with Crippen molar-refractivity contribution in [3.05, 3.63) is 36.4 Å². The molecule has 4 aromatic heterocycles. The van der Waals surface area contributed by atoms with Crippen LogP contribution in [0.5, 0.6) is 0 Å². The number of H-pyrrole nitrogens is 1. The van der Waals surface area contributed by atoms with E-state index in [0.717, 1.165) is 43.1 Å². The van der Waals surface area contributed by atoms with Crippen LogP contribution in [0, 0.1) is 6.92 Å². The average Bonchev–Trinajstić information content (AvgIpc) is 3.35. The highest BCUT2D eigenvalue weighted by molar-refractivity contribution is 5.99. The third-order valence-corrected chi connectivity index (χ3v) is 5.02. The van der Waals surface area contributed by atoms with Crippen molar-refractivity contribution in [2.75, 3.05) is 42.9 Å². The molecule has 1 amide bonds. The summed E-state index contributed by atoms with van der Waals surface area (Å²) in [7, 11) is 0. The second kappa shape index (κ2) is 7.09. The number of anilines is 2. The molecule has 0 bridgehead atoms. The summed E-state index contributed by atoms with van der Waals surface area (Å²) in [6, 6.07) is 5.71. The molecule has 0 aromatic carbocycles. The molecule has 1 fully saturated rings. The van der Waals surface area contributed by atoms with Crippen molar-refractivity contribution in [1.82, 2.24) is 39.7 Å². The molecule has 5 heterocycles. The Bertz CT molecular complexity index is 1170. The summed E-state index contributed by atoms with van der Waals surface area (Å²) in [6.07, 6.45) is 3.19. The molecule has 0 saturated carbocycles. The topological polar surface area (TPSA) is 120 Å². The largest absolute Gasteiger partial charge is 0.354 e. The normalized spacial score (nSPS) is 15.3. The molecular formula is C18H20N10O. The summed E-state index contributed by atoms with van der Waals surface area (Å²) in [6.45, 7) is 5.41. The summed E-state index contributed by atoms with van der Waals surface area (Å²) in [5.74, 6) is 2.08. The van der Waals surface area contributed by atoms with E-state index in [2.05, 4.69) is 45.4 Å². The summed E-state index contributed by atoms with van der Waals surface area (Å²) >= 11 is 0. The van der Waals surface area contributed by atoms with Crippen LogP contribution in [0.25, 0.3) is 16.8 Å². The molecular weight excluding hydrogens is 372 g/mol. The molecule has 29 heavy (non-hydrogen) atoms. The van der Waals surface area contributed by atoms with Crippen LogP contribution in [0.1, 0.15) is 5.69 Å². The second-order valence-electron chi connectivity index (χ2n) is 7.01. The molecule has 0 spiro atoms. The van der Waals surface area contributed by atoms with Crippen LogP contribution in [-0.2, 0) is 4.79 Å². The molecule has 0 aliphatic carbocycles. The van der Waals surface area contributed by atoms with Gasteiger partial charge in [0.1, 0.15) is 18.0 Å². The minimum Gasteiger partial charge on any atom is -0.354 e. The van der Waals surface area contributed by atoms with Gasteiger partial charge in [-0.15, -0.1) is 0 Å². The lowest BCUT2D eigenvalue weighted by atomic mass is 10.3. The fraction of sp³-hybridized carbons (Fsp3) is 0.333. The van der Waals surface area contributed by atoms with E-state index in [9.17, 15) is 4.79 Å². The van der Waals surface area contributed by atoms with E-state index in [0.29, 0.717) is 23.8 Å². The number of fused-ring (bicyclic) bond motifs is 2. The van der Waals surface area contributed by atoms with E-state index < -0.39 is 0 Å². The molecule has 1 aliphatic rings. The Balaban J connectivity index is 1.22. The first kappa shape index (κ1) is 17.5. The van der Waals surface area contributed by atoms with Crippen LogP contribution in [-0.4, -0.2) is 78.3 Å². The summed E-state index contributed by atoms with van der Waals surface area (Å²) < 4.78 is 1.76. The van der Waals surface area contributed by atoms with Gasteiger partial charge in [0.15, 0.2) is 5.65 Å². The molecule has 148 valence electrons. The van der Waals surface area contributed by atoms with Gasteiger partial charge in [-0.3, -0.25) is 14.8 Å². The van der Waals surface area contributed by atoms with E-state index in [4.69, 9.17) is 0 Å². The van der Waals surface area contributed by atoms with E-state index in [1.807, 2.05) is 25.1 Å². The minimum atomic E-state index is -0.0775. The third-order valence-electron chi connectivity index (χ3n) is 5.02. The van der Waals surface area contributed by atoms with Gasteiger partial charge in [-0.1, -0.05) is 0 Å². The van der Waals surface area contributed by atoms with Gasteiger partial charge >= 0.3 is 0 Å². The zero-order valence-corrected chi connectivity index (χ0v) is 15.9. The summed E-state index contributed by atoms with van der Waals surface area (Å²) in [5.41, 5.74) is 1.49. The highest BCUT2D eigenvalue weighted by Crippen LogP contribution is 2.19. The molecule has 1 saturated heterocycles. The third kappa shape index (κ3) is 3.36. The van der Waals surface area contributed by atoms with Crippen LogP contribution in [0.15, 0.2) is 30.7 Å². The standard InChI is InChI=1S/C18H20N10O/c1-12-9-15(28-18(22-12)20-11-21-28)27-7-5-26(6-8-27)10-14(29)23-17-13-3-2-4-19-16(13)24-25-17/h2-4,9,11H,5-8,10H2,1H3,(H2,19,23,24,25,29). The number of aromatic amines is 1. The number of pyridine rings is 1. The number of carbonyl (C=O) groups excluding carboxylic acids is 1. The van der Waals surface area contributed by atoms with Gasteiger partial charge in [0, 0.05) is 44.1 Å². The van der Waals surface area contributed by atoms with Crippen molar-refractivity contribution in [2.45, 2.75) is 6.92 Å². The maximum atomic E-state index is 12.5. The lowest BCUT2D eigenvalue weighted by molar-refractivity contribution is -0.117. The van der Waals surface area contributed by atoms with Crippen LogP contribution >= 0.6 is 0 Å². The summed E-state index contributed by atoms with van der Waals surface area (Å²) in [4.78, 5) is 29.6. The lowest BCUT2D eigenvalue weighted by Crippen LogP contribution is -2.49. The molecule has 0 atom stereocenters. The van der Waals surface area contributed by atoms with Crippen molar-refractivity contribution >= 4 is 34.4 Å². The molecule has 0 radical (unpaired) electrons. The smallest absolute Gasteiger partial charge is 0.254 e. The van der Waals surface area contributed by atoms with E-state index in [1.54, 1.807) is 10.7 Å². The fourth-order valence-electron chi connectivity index (χ4n) is 3.60. The number of hydrogen-bond acceptors (Lipinski definition) is 8. The second-order valence-corrected chi connectivity index (χ2v) is 7.01. The van der Waals surface area contributed by atoms with Crippen molar-refractivity contribution in [3.63, 3.8) is 0 Å². The van der Waals surface area contributed by atoms with Gasteiger partial charge in [-0.05, 0) is 19.1 Å². The molecule has 5 rings (SSSR count). The quantitative estimate of drug-likeness (QED) is 0.514. The number of nitrogens with zero attached hydrogens (tertiary/aromatic N) is 8. The van der Waals surface area contributed by atoms with Crippen molar-refractivity contribution in [3.8, 4) is 0 Å². The first-order valence-electron chi connectivity index (χ1n) is 9.41. The predicted molar refractivity (Wildman–Crippen MR) is 107 cm³/mol. The van der Waals surface area contributed by atoms with Crippen molar-refractivity contribution in [1.29, 1.82) is 0 Å². The van der Waals surface area contributed by atoms with Gasteiger partial charge in [0.2, 0.25) is 5.91 Å². The highest BCUT2D eigenvalue weighted by Gasteiger charge is 2.22. The van der Waals surface area contributed by atoms with Crippen LogP contribution in [0.4, 0.5) is 11.6 Å². The Hall–Kier alpha value is -3.60. The Morgan fingerprint density at radius 3 is 2.97 bits per heavy atom. The van der Waals surface area contributed by atoms with Crippen molar-refractivity contribution < 1.29 is 4.79 Å². The van der Waals surface area contributed by atoms with Gasteiger partial charge in [-0.25, -0.2) is 9.97 Å². The number of amides is 1. The minimum absolute atomic E-state index is 0.0775. The number of piperazine rings is 1. The number of aromatic nitrogens is 7.